The third-order valence-electron chi connectivity index (χ3n) is 6.66. The largest absolute Gasteiger partial charge is 0.493 e. The molecule has 11 nitrogen and oxygen atoms in total. The highest BCUT2D eigenvalue weighted by Crippen LogP contribution is 2.41. The van der Waals surface area contributed by atoms with Gasteiger partial charge in [0.25, 0.3) is 0 Å². The minimum absolute atomic E-state index is 0.0642. The minimum Gasteiger partial charge on any atom is -0.493 e. The van der Waals surface area contributed by atoms with E-state index in [0.29, 0.717) is 69.7 Å². The van der Waals surface area contributed by atoms with Crippen molar-refractivity contribution in [3.8, 4) is 22.6 Å². The number of benzene rings is 1. The summed E-state index contributed by atoms with van der Waals surface area (Å²) in [5, 5.41) is 6.47. The number of nitrogens with zero attached hydrogens (tertiary/aromatic N) is 6. The van der Waals surface area contributed by atoms with E-state index in [4.69, 9.17) is 42.8 Å². The number of imidazole rings is 1. The summed E-state index contributed by atoms with van der Waals surface area (Å²) in [6.45, 7) is 1.00. The third kappa shape index (κ3) is 4.83. The molecule has 1 aliphatic heterocycles. The lowest BCUT2D eigenvalue weighted by atomic mass is 10.0. The van der Waals surface area contributed by atoms with Crippen LogP contribution >= 0.6 is 23.2 Å². The number of ether oxygens (including phenoxy) is 2. The Labute approximate surface area is 233 Å². The van der Waals surface area contributed by atoms with Gasteiger partial charge in [0.05, 0.1) is 42.8 Å². The van der Waals surface area contributed by atoms with E-state index >= 15 is 0 Å². The predicted molar refractivity (Wildman–Crippen MR) is 150 cm³/mol. The molecule has 6 rings (SSSR count). The van der Waals surface area contributed by atoms with Crippen LogP contribution in [0.15, 0.2) is 36.7 Å². The van der Waals surface area contributed by atoms with Gasteiger partial charge in [-0.15, -0.1) is 0 Å². The van der Waals surface area contributed by atoms with Crippen molar-refractivity contribution < 1.29 is 17.9 Å². The van der Waals surface area contributed by atoms with E-state index in [9.17, 15) is 8.42 Å². The number of methoxy groups -OCH3 is 2. The molecular formula is C25H23Cl2N7O4S. The van der Waals surface area contributed by atoms with Crippen LogP contribution in [0.5, 0.6) is 11.5 Å². The Morgan fingerprint density at radius 3 is 2.51 bits per heavy atom. The van der Waals surface area contributed by atoms with E-state index in [0.717, 1.165) is 16.5 Å². The molecule has 202 valence electrons. The van der Waals surface area contributed by atoms with Crippen molar-refractivity contribution in [1.29, 1.82) is 0 Å². The number of halogens is 2. The topological polar surface area (TPSA) is 128 Å². The van der Waals surface area contributed by atoms with Gasteiger partial charge in [0.2, 0.25) is 0 Å². The molecule has 1 aliphatic rings. The number of aromatic nitrogens is 6. The van der Waals surface area contributed by atoms with Crippen LogP contribution in [0.4, 0.5) is 5.82 Å². The standard InChI is InChI=1S/C25H23Cl2N7O4S/c1-37-19-9-14(17(26)10-20(19)38-2)15-11-28-25(33-5-7-39(35,36)8-6-33)23-16(15)12-34(32-23)13-22-29-18-3-4-21(27)30-24(18)31-22/h3-4,9-12H,5-8,13H2,1-2H3,(H,29,30,31). The van der Waals surface area contributed by atoms with Gasteiger partial charge in [-0.3, -0.25) is 4.68 Å². The highest BCUT2D eigenvalue weighted by atomic mass is 35.5. The Kier molecular flexibility index (Phi) is 6.48. The molecule has 5 heterocycles. The fraction of sp³-hybridized carbons (Fsp3) is 0.280. The van der Waals surface area contributed by atoms with Crippen molar-refractivity contribution in [2.75, 3.05) is 43.7 Å². The number of rotatable bonds is 6. The molecule has 0 spiro atoms. The monoisotopic (exact) mass is 587 g/mol. The molecule has 39 heavy (non-hydrogen) atoms. The van der Waals surface area contributed by atoms with Crippen LogP contribution in [0.3, 0.4) is 0 Å². The molecular weight excluding hydrogens is 565 g/mol. The second-order valence-electron chi connectivity index (χ2n) is 9.10. The van der Waals surface area contributed by atoms with Gasteiger partial charge in [-0.25, -0.2) is 23.4 Å². The van der Waals surface area contributed by atoms with E-state index in [-0.39, 0.29) is 11.5 Å². The van der Waals surface area contributed by atoms with Gasteiger partial charge < -0.3 is 19.4 Å². The zero-order valence-corrected chi connectivity index (χ0v) is 23.3. The molecule has 0 unspecified atom stereocenters. The number of aromatic amines is 1. The SMILES string of the molecule is COc1cc(Cl)c(-c2cnc(N3CCS(=O)(=O)CC3)c3nn(Cc4nc5nc(Cl)ccc5[nH]4)cc23)cc1OC. The molecule has 5 aromatic rings. The molecule has 1 aromatic carbocycles. The van der Waals surface area contributed by atoms with Crippen LogP contribution in [0.25, 0.3) is 33.2 Å². The number of nitrogens with one attached hydrogen (secondary N) is 1. The predicted octanol–water partition coefficient (Wildman–Crippen LogP) is 3.98. The van der Waals surface area contributed by atoms with Crippen molar-refractivity contribution in [1.82, 2.24) is 29.7 Å². The molecule has 0 radical (unpaired) electrons. The van der Waals surface area contributed by atoms with Gasteiger partial charge in [-0.2, -0.15) is 5.10 Å². The number of fused-ring (bicyclic) bond motifs is 2. The van der Waals surface area contributed by atoms with Crippen molar-refractivity contribution in [2.45, 2.75) is 6.54 Å². The van der Waals surface area contributed by atoms with Crippen LogP contribution in [0.1, 0.15) is 5.82 Å². The van der Waals surface area contributed by atoms with E-state index in [2.05, 4.69) is 15.0 Å². The summed E-state index contributed by atoms with van der Waals surface area (Å²) >= 11 is 12.7. The fourth-order valence-corrected chi connectivity index (χ4v) is 6.30. The van der Waals surface area contributed by atoms with Crippen LogP contribution in [-0.2, 0) is 16.4 Å². The van der Waals surface area contributed by atoms with Gasteiger partial charge >= 0.3 is 0 Å². The van der Waals surface area contributed by atoms with E-state index in [1.165, 1.54) is 0 Å². The van der Waals surface area contributed by atoms with Crippen LogP contribution < -0.4 is 14.4 Å². The smallest absolute Gasteiger partial charge is 0.179 e. The maximum Gasteiger partial charge on any atom is 0.179 e. The summed E-state index contributed by atoms with van der Waals surface area (Å²) in [7, 11) is 0.0428. The average molecular weight is 588 g/mol. The maximum absolute atomic E-state index is 12.1. The molecule has 1 fully saturated rings. The molecule has 0 bridgehead atoms. The summed E-state index contributed by atoms with van der Waals surface area (Å²) in [5.74, 6) is 2.42. The van der Waals surface area contributed by atoms with Crippen LogP contribution in [0.2, 0.25) is 10.2 Å². The minimum atomic E-state index is -3.07. The van der Waals surface area contributed by atoms with Crippen molar-refractivity contribution in [2.24, 2.45) is 0 Å². The number of H-pyrrole nitrogens is 1. The van der Waals surface area contributed by atoms with Crippen LogP contribution in [0, 0.1) is 0 Å². The van der Waals surface area contributed by atoms with Gasteiger partial charge in [-0.05, 0) is 18.2 Å². The lowest BCUT2D eigenvalue weighted by Crippen LogP contribution is -2.40. The van der Waals surface area contributed by atoms with Gasteiger partial charge in [-0.1, -0.05) is 23.2 Å². The Bertz CT molecular complexity index is 1820. The number of pyridine rings is 2. The fourth-order valence-electron chi connectivity index (χ4n) is 4.70. The summed E-state index contributed by atoms with van der Waals surface area (Å²) in [6.07, 6.45) is 3.63. The summed E-state index contributed by atoms with van der Waals surface area (Å²) in [6, 6.07) is 7.02. The van der Waals surface area contributed by atoms with Crippen molar-refractivity contribution in [3.05, 3.63) is 52.7 Å². The maximum atomic E-state index is 12.1. The van der Waals surface area contributed by atoms with Crippen molar-refractivity contribution >= 4 is 60.9 Å². The lowest BCUT2D eigenvalue weighted by molar-refractivity contribution is 0.355. The summed E-state index contributed by atoms with van der Waals surface area (Å²) < 4.78 is 36.8. The van der Waals surface area contributed by atoms with Gasteiger partial charge in [0, 0.05) is 48.1 Å². The number of sulfone groups is 1. The average Bonchev–Trinajstić information content (AvgIpc) is 3.51. The highest BCUT2D eigenvalue weighted by Gasteiger charge is 2.26. The first-order valence-corrected chi connectivity index (χ1v) is 14.6. The quantitative estimate of drug-likeness (QED) is 0.293. The van der Waals surface area contributed by atoms with Crippen LogP contribution in [-0.4, -0.2) is 76.9 Å². The van der Waals surface area contributed by atoms with Gasteiger partial charge in [0.1, 0.15) is 16.5 Å². The molecule has 1 N–H and O–H groups in total. The first kappa shape index (κ1) is 25.7. The molecule has 1 saturated heterocycles. The molecule has 0 saturated carbocycles. The molecule has 14 heteroatoms. The highest BCUT2D eigenvalue weighted by molar-refractivity contribution is 7.91. The molecule has 4 aromatic heterocycles. The molecule has 0 amide bonds. The number of hydrogen-bond donors (Lipinski definition) is 1. The zero-order valence-electron chi connectivity index (χ0n) is 21.0. The lowest BCUT2D eigenvalue weighted by Gasteiger charge is -2.28. The normalized spacial score (nSPS) is 15.2. The zero-order chi connectivity index (χ0) is 27.3. The second kappa shape index (κ2) is 9.85. The second-order valence-corrected chi connectivity index (χ2v) is 12.2. The van der Waals surface area contributed by atoms with Gasteiger partial charge in [0.15, 0.2) is 32.8 Å². The van der Waals surface area contributed by atoms with E-state index < -0.39 is 9.84 Å². The summed E-state index contributed by atoms with van der Waals surface area (Å²) in [4.78, 5) is 18.7. The third-order valence-corrected chi connectivity index (χ3v) is 8.79. The molecule has 0 aliphatic carbocycles. The number of hydrogen-bond acceptors (Lipinski definition) is 9. The van der Waals surface area contributed by atoms with Crippen molar-refractivity contribution in [3.63, 3.8) is 0 Å². The number of anilines is 1. The first-order valence-electron chi connectivity index (χ1n) is 12.0. The Morgan fingerprint density at radius 1 is 1.03 bits per heavy atom. The van der Waals surface area contributed by atoms with E-state index in [1.54, 1.807) is 43.3 Å². The van der Waals surface area contributed by atoms with E-state index in [1.807, 2.05) is 17.2 Å². The molecule has 0 atom stereocenters. The Morgan fingerprint density at radius 2 is 1.77 bits per heavy atom. The Hall–Kier alpha value is -3.61. The summed E-state index contributed by atoms with van der Waals surface area (Å²) in [5.41, 5.74) is 3.34. The Balaban J connectivity index is 1.48. The first-order chi connectivity index (χ1) is 18.7.